The molecule has 14 nitrogen and oxygen atoms in total. The Morgan fingerprint density at radius 3 is 1.98 bits per heavy atom. The minimum absolute atomic E-state index is 0.111. The van der Waals surface area contributed by atoms with Gasteiger partial charge >= 0.3 is 5.97 Å². The predicted octanol–water partition coefficient (Wildman–Crippen LogP) is 2.44. The van der Waals surface area contributed by atoms with Gasteiger partial charge in [0.05, 0.1) is 47.6 Å². The van der Waals surface area contributed by atoms with Crippen molar-refractivity contribution in [3.05, 3.63) is 0 Å². The number of ketones is 1. The van der Waals surface area contributed by atoms with Crippen molar-refractivity contribution in [3.8, 4) is 0 Å². The highest BCUT2D eigenvalue weighted by molar-refractivity contribution is 5.83. The summed E-state index contributed by atoms with van der Waals surface area (Å²) in [4.78, 5) is 30.1. The minimum Gasteiger partial charge on any atom is -0.459 e. The van der Waals surface area contributed by atoms with E-state index in [9.17, 15) is 30.0 Å². The van der Waals surface area contributed by atoms with Gasteiger partial charge in [0.2, 0.25) is 0 Å². The third kappa shape index (κ3) is 9.38. The fraction of sp³-hybridized carbons (Fsp3) is 0.947. The van der Waals surface area contributed by atoms with Gasteiger partial charge in [-0.15, -0.1) is 0 Å². The maximum Gasteiger partial charge on any atom is 0.311 e. The molecule has 4 N–H and O–H groups in total. The van der Waals surface area contributed by atoms with Gasteiger partial charge in [0.25, 0.3) is 0 Å². The van der Waals surface area contributed by atoms with Crippen molar-refractivity contribution >= 4 is 11.8 Å². The highest BCUT2D eigenvalue weighted by Gasteiger charge is 2.54. The number of carbonyl (C=O) groups excluding carboxylic acids is 2. The summed E-state index contributed by atoms with van der Waals surface area (Å²) in [6.45, 7) is 17.1. The van der Waals surface area contributed by atoms with E-state index in [1.54, 1.807) is 48.5 Å². The molecule has 0 aliphatic carbocycles. The van der Waals surface area contributed by atoms with E-state index in [2.05, 4.69) is 0 Å². The van der Waals surface area contributed by atoms with Crippen molar-refractivity contribution in [1.82, 2.24) is 4.90 Å². The predicted molar refractivity (Wildman–Crippen MR) is 191 cm³/mol. The van der Waals surface area contributed by atoms with E-state index < -0.39 is 102 Å². The zero-order valence-corrected chi connectivity index (χ0v) is 33.9. The monoisotopic (exact) mass is 747 g/mol. The number of Topliss-reactive ketones (excluding diaryl/α,β-unsaturated/α-hetero) is 1. The lowest BCUT2D eigenvalue weighted by Crippen LogP contribution is -2.61. The lowest BCUT2D eigenvalue weighted by molar-refractivity contribution is -0.319. The number of esters is 1. The molecule has 52 heavy (non-hydrogen) atoms. The number of hydrogen-bond acceptors (Lipinski definition) is 14. The summed E-state index contributed by atoms with van der Waals surface area (Å²) in [6, 6.07) is -0.283. The Balaban J connectivity index is 2.22. The maximum atomic E-state index is 14.2. The average Bonchev–Trinajstić information content (AvgIpc) is 3.09. The fourth-order valence-corrected chi connectivity index (χ4v) is 8.58. The summed E-state index contributed by atoms with van der Waals surface area (Å²) < 4.78 is 43.9. The molecular weight excluding hydrogens is 678 g/mol. The van der Waals surface area contributed by atoms with Crippen LogP contribution in [0, 0.1) is 23.7 Å². The van der Waals surface area contributed by atoms with Crippen LogP contribution in [-0.2, 0) is 42.7 Å². The quantitative estimate of drug-likeness (QED) is 0.266. The first-order valence-electron chi connectivity index (χ1n) is 18.9. The highest BCUT2D eigenvalue weighted by Crippen LogP contribution is 2.41. The molecule has 304 valence electrons. The molecule has 0 aromatic heterocycles. The van der Waals surface area contributed by atoms with Crippen LogP contribution in [0.4, 0.5) is 0 Å². The Kier molecular flexibility index (Phi) is 15.3. The van der Waals surface area contributed by atoms with Gasteiger partial charge in [-0.05, 0) is 74.9 Å². The average molecular weight is 748 g/mol. The van der Waals surface area contributed by atoms with Crippen molar-refractivity contribution in [2.75, 3.05) is 28.3 Å². The van der Waals surface area contributed by atoms with Crippen LogP contribution in [0.5, 0.6) is 0 Å². The first-order valence-corrected chi connectivity index (χ1v) is 18.9. The summed E-state index contributed by atoms with van der Waals surface area (Å²) in [5.74, 6) is -4.47. The van der Waals surface area contributed by atoms with Gasteiger partial charge in [-0.2, -0.15) is 0 Å². The summed E-state index contributed by atoms with van der Waals surface area (Å²) in [7, 11) is 6.77. The molecule has 3 saturated heterocycles. The topological polar surface area (TPSA) is 183 Å². The highest BCUT2D eigenvalue weighted by atomic mass is 16.7. The standard InChI is InChI=1S/C38H69NO13/c1-15-26-38(10,45)31(42)21(4)28(40)19(2)17-37(9,47-14)33(52-35-29(41)25(39(11)12)16-20(3)48-35)22(5)30(23(6)34(44)50-26)51-27-18-36(8,46-13)32(43)24(7)49-27/h19-27,29-33,35,41-43,45H,15-18H2,1-14H3/t19-,20?,21-,22+,23+,24?,25?,26-,27?,29?,30+,31+,32?,33-,35?,36?,37?,38?/m0/s1. The lowest BCUT2D eigenvalue weighted by Gasteiger charge is -2.50. The maximum absolute atomic E-state index is 14.2. The minimum atomic E-state index is -1.96. The second-order valence-electron chi connectivity index (χ2n) is 16.6. The second kappa shape index (κ2) is 17.7. The Bertz CT molecular complexity index is 1190. The van der Waals surface area contributed by atoms with E-state index in [0.29, 0.717) is 6.42 Å². The van der Waals surface area contributed by atoms with Crippen molar-refractivity contribution < 1.29 is 63.2 Å². The molecule has 3 heterocycles. The number of ether oxygens (including phenoxy) is 7. The van der Waals surface area contributed by atoms with Gasteiger partial charge in [0.1, 0.15) is 29.7 Å². The van der Waals surface area contributed by atoms with Gasteiger partial charge in [-0.25, -0.2) is 0 Å². The summed E-state index contributed by atoms with van der Waals surface area (Å²) in [5.41, 5.74) is -4.24. The SMILES string of the molecule is CC[C@@H]1OC(=O)[C@H](C)[C@H](OC2CC(C)(OC)C(O)C(C)O2)[C@@H](C)[C@H](OC2OC(C)CC(N(C)C)C2O)C(C)(OC)C[C@H](C)C(=O)[C@H](C)[C@@H](O)C1(C)O. The van der Waals surface area contributed by atoms with Gasteiger partial charge in [0.15, 0.2) is 12.6 Å². The van der Waals surface area contributed by atoms with Crippen molar-refractivity contribution in [2.24, 2.45) is 23.7 Å². The van der Waals surface area contributed by atoms with Crippen LogP contribution in [0.2, 0.25) is 0 Å². The number of likely N-dealkylation sites (N-methyl/N-ethyl adjacent to an activating group) is 1. The summed E-state index contributed by atoms with van der Waals surface area (Å²) >= 11 is 0. The van der Waals surface area contributed by atoms with Crippen LogP contribution < -0.4 is 0 Å². The van der Waals surface area contributed by atoms with E-state index in [1.807, 2.05) is 32.8 Å². The number of hydrogen-bond donors (Lipinski definition) is 4. The molecule has 0 spiro atoms. The number of carbonyl (C=O) groups is 2. The number of methoxy groups -OCH3 is 2. The van der Waals surface area contributed by atoms with Gasteiger partial charge in [0, 0.05) is 44.4 Å². The molecular formula is C38H69NO13. The van der Waals surface area contributed by atoms with E-state index in [4.69, 9.17) is 33.2 Å². The van der Waals surface area contributed by atoms with Gasteiger partial charge in [-0.1, -0.05) is 27.7 Å². The second-order valence-corrected chi connectivity index (χ2v) is 16.6. The van der Waals surface area contributed by atoms with Gasteiger partial charge < -0.3 is 58.5 Å². The normalized spacial score (nSPS) is 49.0. The molecule has 0 aromatic rings. The van der Waals surface area contributed by atoms with E-state index >= 15 is 0 Å². The number of cyclic esters (lactones) is 1. The Morgan fingerprint density at radius 1 is 0.846 bits per heavy atom. The Hall–Kier alpha value is -1.30. The number of aliphatic hydroxyl groups excluding tert-OH is 3. The van der Waals surface area contributed by atoms with Gasteiger partial charge in [-0.3, -0.25) is 9.59 Å². The molecule has 0 saturated carbocycles. The third-order valence-corrected chi connectivity index (χ3v) is 12.3. The Labute approximate surface area is 310 Å². The first kappa shape index (κ1) is 45.1. The molecule has 10 unspecified atom stereocenters. The van der Waals surface area contributed by atoms with Crippen molar-refractivity contribution in [2.45, 2.75) is 179 Å². The molecule has 3 rings (SSSR count). The molecule has 3 fully saturated rings. The van der Waals surface area contributed by atoms with E-state index in [1.165, 1.54) is 21.1 Å². The van der Waals surface area contributed by atoms with Crippen LogP contribution in [-0.4, -0.2) is 150 Å². The van der Waals surface area contributed by atoms with Crippen molar-refractivity contribution in [3.63, 3.8) is 0 Å². The molecule has 0 amide bonds. The molecule has 0 radical (unpaired) electrons. The molecule has 18 atom stereocenters. The molecule has 0 aromatic carbocycles. The largest absolute Gasteiger partial charge is 0.459 e. The summed E-state index contributed by atoms with van der Waals surface area (Å²) in [5, 5.41) is 45.6. The number of aliphatic hydroxyl groups is 4. The zero-order valence-electron chi connectivity index (χ0n) is 33.9. The number of nitrogens with zero attached hydrogens (tertiary/aromatic N) is 1. The summed E-state index contributed by atoms with van der Waals surface area (Å²) in [6.07, 6.45) is -8.73. The van der Waals surface area contributed by atoms with E-state index in [0.717, 1.165) is 0 Å². The van der Waals surface area contributed by atoms with Crippen LogP contribution in [0.25, 0.3) is 0 Å². The van der Waals surface area contributed by atoms with Crippen LogP contribution in [0.1, 0.15) is 94.9 Å². The molecule has 3 aliphatic heterocycles. The number of rotatable bonds is 8. The van der Waals surface area contributed by atoms with Crippen LogP contribution in [0.15, 0.2) is 0 Å². The molecule has 0 bridgehead atoms. The van der Waals surface area contributed by atoms with Crippen LogP contribution >= 0.6 is 0 Å². The van der Waals surface area contributed by atoms with Crippen molar-refractivity contribution in [1.29, 1.82) is 0 Å². The van der Waals surface area contributed by atoms with Crippen LogP contribution in [0.3, 0.4) is 0 Å². The first-order chi connectivity index (χ1) is 24.0. The smallest absolute Gasteiger partial charge is 0.311 e. The molecule has 3 aliphatic rings. The lowest BCUT2D eigenvalue weighted by atomic mass is 9.74. The third-order valence-electron chi connectivity index (χ3n) is 12.3. The molecule has 14 heteroatoms. The Morgan fingerprint density at radius 2 is 1.44 bits per heavy atom. The van der Waals surface area contributed by atoms with E-state index in [-0.39, 0.29) is 37.2 Å². The fourth-order valence-electron chi connectivity index (χ4n) is 8.58. The zero-order chi connectivity index (χ0) is 39.7.